The lowest BCUT2D eigenvalue weighted by Gasteiger charge is -2.17. The van der Waals surface area contributed by atoms with Crippen molar-refractivity contribution in [1.82, 2.24) is 5.16 Å². The minimum Gasteiger partial charge on any atom is -0.375 e. The second kappa shape index (κ2) is 8.30. The van der Waals surface area contributed by atoms with Crippen LogP contribution in [-0.2, 0) is 16.0 Å². The fraction of sp³-hybridized carbons (Fsp3) is 0.227. The van der Waals surface area contributed by atoms with Crippen molar-refractivity contribution in [2.24, 2.45) is 0 Å². The molecule has 30 heavy (non-hydrogen) atoms. The van der Waals surface area contributed by atoms with E-state index in [1.165, 1.54) is 7.11 Å². The molecule has 0 aliphatic carbocycles. The minimum absolute atomic E-state index is 0.0110. The first-order valence-electron chi connectivity index (χ1n) is 9.44. The van der Waals surface area contributed by atoms with Gasteiger partial charge in [0.1, 0.15) is 23.6 Å². The van der Waals surface area contributed by atoms with Gasteiger partial charge in [0.25, 0.3) is 11.8 Å². The molecule has 0 radical (unpaired) electrons. The first-order chi connectivity index (χ1) is 14.5. The number of hydrogen-bond acceptors (Lipinski definition) is 5. The number of fused-ring (bicyclic) bond motifs is 1. The lowest BCUT2D eigenvalue weighted by molar-refractivity contribution is -0.122. The molecule has 2 aromatic carbocycles. The van der Waals surface area contributed by atoms with Gasteiger partial charge in [-0.2, -0.15) is 0 Å². The zero-order valence-corrected chi connectivity index (χ0v) is 17.3. The number of aromatic nitrogens is 1. The van der Waals surface area contributed by atoms with Crippen LogP contribution < -0.4 is 10.2 Å². The molecule has 0 saturated heterocycles. The molecule has 4 rings (SSSR count). The Morgan fingerprint density at radius 2 is 2.07 bits per heavy atom. The molecule has 0 bridgehead atoms. The van der Waals surface area contributed by atoms with E-state index in [1.54, 1.807) is 36.1 Å². The summed E-state index contributed by atoms with van der Waals surface area (Å²) in [4.78, 5) is 27.0. The number of aryl methyl sites for hydroxylation is 1. The van der Waals surface area contributed by atoms with Crippen LogP contribution >= 0.6 is 11.6 Å². The number of amides is 2. The van der Waals surface area contributed by atoms with Crippen molar-refractivity contribution in [3.63, 3.8) is 0 Å². The molecule has 154 valence electrons. The number of ether oxygens (including phenoxy) is 1. The highest BCUT2D eigenvalue weighted by Gasteiger charge is 2.26. The van der Waals surface area contributed by atoms with Crippen LogP contribution in [0.2, 0.25) is 5.02 Å². The zero-order chi connectivity index (χ0) is 21.3. The van der Waals surface area contributed by atoms with Crippen molar-refractivity contribution in [3.05, 3.63) is 64.4 Å². The van der Waals surface area contributed by atoms with Crippen molar-refractivity contribution < 1.29 is 18.8 Å². The Labute approximate surface area is 178 Å². The molecule has 1 aliphatic rings. The lowest BCUT2D eigenvalue weighted by Crippen LogP contribution is -2.32. The number of anilines is 2. The topological polar surface area (TPSA) is 84.7 Å². The molecule has 3 aromatic rings. The monoisotopic (exact) mass is 425 g/mol. The molecule has 1 N–H and O–H groups in total. The highest BCUT2D eigenvalue weighted by Crippen LogP contribution is 2.33. The van der Waals surface area contributed by atoms with Gasteiger partial charge >= 0.3 is 0 Å². The fourth-order valence-corrected chi connectivity index (χ4v) is 3.81. The Morgan fingerprint density at radius 1 is 1.27 bits per heavy atom. The molecule has 0 spiro atoms. The Kier molecular flexibility index (Phi) is 5.57. The second-order valence-electron chi connectivity index (χ2n) is 6.97. The average Bonchev–Trinajstić information content (AvgIpc) is 3.32. The third-order valence-electron chi connectivity index (χ3n) is 5.03. The number of nitrogens with zero attached hydrogens (tertiary/aromatic N) is 2. The van der Waals surface area contributed by atoms with Crippen LogP contribution in [0.3, 0.4) is 0 Å². The Balaban J connectivity index is 1.62. The van der Waals surface area contributed by atoms with Gasteiger partial charge in [-0.25, -0.2) is 0 Å². The SMILES string of the molecule is COCC(=O)N1CCc2ccc(NC(=O)c3c(-c4ccccc4Cl)noc3C)cc21. The molecule has 0 saturated carbocycles. The predicted octanol–water partition coefficient (Wildman–Crippen LogP) is 4.09. The lowest BCUT2D eigenvalue weighted by atomic mass is 10.1. The third kappa shape index (κ3) is 3.69. The van der Waals surface area contributed by atoms with Gasteiger partial charge < -0.3 is 19.5 Å². The van der Waals surface area contributed by atoms with Gasteiger partial charge in [-0.1, -0.05) is 41.0 Å². The number of carbonyl (C=O) groups excluding carboxylic acids is 2. The summed E-state index contributed by atoms with van der Waals surface area (Å²) in [5.41, 5.74) is 3.72. The molecule has 2 amide bonds. The molecule has 2 heterocycles. The van der Waals surface area contributed by atoms with E-state index in [-0.39, 0.29) is 18.4 Å². The second-order valence-corrected chi connectivity index (χ2v) is 7.38. The number of carbonyl (C=O) groups is 2. The van der Waals surface area contributed by atoms with Crippen molar-refractivity contribution in [3.8, 4) is 11.3 Å². The molecule has 1 aromatic heterocycles. The highest BCUT2D eigenvalue weighted by atomic mass is 35.5. The van der Waals surface area contributed by atoms with Crippen LogP contribution in [0, 0.1) is 6.92 Å². The third-order valence-corrected chi connectivity index (χ3v) is 5.36. The van der Waals surface area contributed by atoms with Crippen molar-refractivity contribution in [2.45, 2.75) is 13.3 Å². The van der Waals surface area contributed by atoms with Gasteiger partial charge in [-0.05, 0) is 37.1 Å². The van der Waals surface area contributed by atoms with Gasteiger partial charge in [-0.3, -0.25) is 9.59 Å². The maximum Gasteiger partial charge on any atom is 0.261 e. The van der Waals surface area contributed by atoms with E-state index in [4.69, 9.17) is 20.9 Å². The van der Waals surface area contributed by atoms with Gasteiger partial charge in [-0.15, -0.1) is 0 Å². The van der Waals surface area contributed by atoms with Crippen molar-refractivity contribution >= 4 is 34.8 Å². The molecule has 7 nitrogen and oxygen atoms in total. The Morgan fingerprint density at radius 3 is 2.83 bits per heavy atom. The van der Waals surface area contributed by atoms with Gasteiger partial charge in [0.2, 0.25) is 0 Å². The first-order valence-corrected chi connectivity index (χ1v) is 9.82. The maximum absolute atomic E-state index is 13.1. The first kappa shape index (κ1) is 20.1. The summed E-state index contributed by atoms with van der Waals surface area (Å²) in [7, 11) is 1.49. The molecular weight excluding hydrogens is 406 g/mol. The summed E-state index contributed by atoms with van der Waals surface area (Å²) in [5, 5.41) is 7.40. The van der Waals surface area contributed by atoms with Gasteiger partial charge in [0, 0.05) is 30.6 Å². The predicted molar refractivity (Wildman–Crippen MR) is 114 cm³/mol. The number of nitrogens with one attached hydrogen (secondary N) is 1. The van der Waals surface area contributed by atoms with Crippen LogP contribution in [0.15, 0.2) is 47.0 Å². The molecule has 8 heteroatoms. The quantitative estimate of drug-likeness (QED) is 0.665. The van der Waals surface area contributed by atoms with Gasteiger partial charge in [0.05, 0.1) is 5.02 Å². The molecular formula is C22H20ClN3O4. The summed E-state index contributed by atoms with van der Waals surface area (Å²) < 4.78 is 10.2. The maximum atomic E-state index is 13.1. The fourth-order valence-electron chi connectivity index (χ4n) is 3.59. The van der Waals surface area contributed by atoms with E-state index in [0.29, 0.717) is 39.8 Å². The summed E-state index contributed by atoms with van der Waals surface area (Å²) >= 11 is 6.28. The molecule has 1 aliphatic heterocycles. The number of hydrogen-bond donors (Lipinski definition) is 1. The van der Waals surface area contributed by atoms with E-state index in [9.17, 15) is 9.59 Å². The molecule has 0 unspecified atom stereocenters. The smallest absolute Gasteiger partial charge is 0.261 e. The standard InChI is InChI=1S/C22H20ClN3O4/c1-13-20(21(25-30-13)16-5-3-4-6-17(16)23)22(28)24-15-8-7-14-9-10-26(18(14)11-15)19(27)12-29-2/h3-8,11H,9-10,12H2,1-2H3,(H,24,28). The van der Waals surface area contributed by atoms with E-state index in [1.807, 2.05) is 18.2 Å². The summed E-state index contributed by atoms with van der Waals surface area (Å²) in [5.74, 6) is -0.0903. The van der Waals surface area contributed by atoms with Crippen molar-refractivity contribution in [2.75, 3.05) is 30.5 Å². The number of rotatable bonds is 5. The van der Waals surface area contributed by atoms with Crippen LogP contribution in [0.25, 0.3) is 11.3 Å². The van der Waals surface area contributed by atoms with Crippen LogP contribution in [0.5, 0.6) is 0 Å². The summed E-state index contributed by atoms with van der Waals surface area (Å²) in [6.07, 6.45) is 0.764. The van der Waals surface area contributed by atoms with Crippen molar-refractivity contribution in [1.29, 1.82) is 0 Å². The van der Waals surface area contributed by atoms with Gasteiger partial charge in [0.15, 0.2) is 0 Å². The largest absolute Gasteiger partial charge is 0.375 e. The van der Waals surface area contributed by atoms with Crippen LogP contribution in [0.4, 0.5) is 11.4 Å². The Bertz CT molecular complexity index is 1130. The van der Waals surface area contributed by atoms with E-state index >= 15 is 0 Å². The Hall–Kier alpha value is -3.16. The highest BCUT2D eigenvalue weighted by molar-refractivity contribution is 6.33. The van der Waals surface area contributed by atoms with E-state index < -0.39 is 0 Å². The number of methoxy groups -OCH3 is 1. The zero-order valence-electron chi connectivity index (χ0n) is 16.6. The number of benzene rings is 2. The van der Waals surface area contributed by atoms with E-state index in [2.05, 4.69) is 10.5 Å². The average molecular weight is 426 g/mol. The molecule has 0 atom stereocenters. The summed E-state index contributed by atoms with van der Waals surface area (Å²) in [6.45, 7) is 2.28. The van der Waals surface area contributed by atoms with Crippen LogP contribution in [0.1, 0.15) is 21.7 Å². The normalized spacial score (nSPS) is 12.7. The minimum atomic E-state index is -0.364. The molecule has 0 fully saturated rings. The van der Waals surface area contributed by atoms with Crippen LogP contribution in [-0.4, -0.2) is 37.2 Å². The summed E-state index contributed by atoms with van der Waals surface area (Å²) in [6, 6.07) is 12.7. The number of halogens is 1. The van der Waals surface area contributed by atoms with E-state index in [0.717, 1.165) is 17.7 Å².